The summed E-state index contributed by atoms with van der Waals surface area (Å²) in [5, 5.41) is 9.64. The summed E-state index contributed by atoms with van der Waals surface area (Å²) in [5.74, 6) is 1.08. The van der Waals surface area contributed by atoms with E-state index in [0.29, 0.717) is 28.4 Å². The van der Waals surface area contributed by atoms with Crippen molar-refractivity contribution in [1.29, 1.82) is 0 Å². The van der Waals surface area contributed by atoms with Gasteiger partial charge in [0.15, 0.2) is 0 Å². The summed E-state index contributed by atoms with van der Waals surface area (Å²) in [6.07, 6.45) is 1.40. The summed E-state index contributed by atoms with van der Waals surface area (Å²) >= 11 is 0. The first kappa shape index (κ1) is 14.0. The topological polar surface area (TPSA) is 68.9 Å². The second kappa shape index (κ2) is 5.81. The lowest BCUT2D eigenvalue weighted by atomic mass is 10.1. The minimum absolute atomic E-state index is 0.0664. The molecule has 0 fully saturated rings. The first-order chi connectivity index (χ1) is 10.7. The predicted octanol–water partition coefficient (Wildman–Crippen LogP) is 3.86. The van der Waals surface area contributed by atoms with Crippen molar-refractivity contribution < 1.29 is 23.8 Å². The number of aliphatic carboxylic acids is 1. The van der Waals surface area contributed by atoms with Crippen LogP contribution in [0.4, 0.5) is 0 Å². The van der Waals surface area contributed by atoms with Crippen molar-refractivity contribution in [1.82, 2.24) is 0 Å². The number of hydrogen-bond donors (Lipinski definition) is 1. The van der Waals surface area contributed by atoms with Crippen LogP contribution in [0.25, 0.3) is 11.0 Å². The van der Waals surface area contributed by atoms with E-state index in [2.05, 4.69) is 0 Å². The molecule has 22 heavy (non-hydrogen) atoms. The molecule has 0 atom stereocenters. The highest BCUT2D eigenvalue weighted by molar-refractivity contribution is 5.86. The summed E-state index contributed by atoms with van der Waals surface area (Å²) in [4.78, 5) is 10.8. The number of methoxy groups -OCH3 is 1. The fourth-order valence-electron chi connectivity index (χ4n) is 2.23. The molecule has 0 saturated carbocycles. The first-order valence-corrected chi connectivity index (χ1v) is 6.69. The lowest BCUT2D eigenvalue weighted by Crippen LogP contribution is -1.98. The Labute approximate surface area is 126 Å². The quantitative estimate of drug-likeness (QED) is 0.774. The van der Waals surface area contributed by atoms with E-state index in [4.69, 9.17) is 19.0 Å². The van der Waals surface area contributed by atoms with Crippen LogP contribution < -0.4 is 9.47 Å². The van der Waals surface area contributed by atoms with Gasteiger partial charge >= 0.3 is 5.97 Å². The summed E-state index contributed by atoms with van der Waals surface area (Å²) in [6.45, 7) is 0. The normalized spacial score (nSPS) is 10.6. The third kappa shape index (κ3) is 2.88. The second-order valence-corrected chi connectivity index (χ2v) is 4.77. The smallest absolute Gasteiger partial charge is 0.307 e. The maximum absolute atomic E-state index is 10.8. The molecule has 0 aliphatic rings. The Hall–Kier alpha value is -2.95. The van der Waals surface area contributed by atoms with Gasteiger partial charge < -0.3 is 19.0 Å². The molecule has 3 rings (SSSR count). The molecule has 112 valence electrons. The molecule has 1 N–H and O–H groups in total. The predicted molar refractivity (Wildman–Crippen MR) is 80.6 cm³/mol. The van der Waals surface area contributed by atoms with Gasteiger partial charge in [0.25, 0.3) is 0 Å². The maximum Gasteiger partial charge on any atom is 0.307 e. The second-order valence-electron chi connectivity index (χ2n) is 4.77. The average Bonchev–Trinajstić information content (AvgIpc) is 2.89. The molecule has 0 spiro atoms. The fraction of sp³-hybridized carbons (Fsp3) is 0.118. The van der Waals surface area contributed by atoms with Crippen molar-refractivity contribution in [3.8, 4) is 17.2 Å². The van der Waals surface area contributed by atoms with E-state index in [9.17, 15) is 4.79 Å². The standard InChI is InChI=1S/C17H14O5/c1-20-12-3-2-4-13(8-12)22-14-5-6-15-11(7-17(18)19)10-21-16(15)9-14/h2-6,8-10H,7H2,1H3,(H,18,19). The van der Waals surface area contributed by atoms with Gasteiger partial charge in [-0.3, -0.25) is 4.79 Å². The van der Waals surface area contributed by atoms with Gasteiger partial charge in [-0.05, 0) is 24.3 Å². The largest absolute Gasteiger partial charge is 0.497 e. The molecule has 0 bridgehead atoms. The van der Waals surface area contributed by atoms with Crippen LogP contribution in [-0.4, -0.2) is 18.2 Å². The third-order valence-electron chi connectivity index (χ3n) is 3.25. The lowest BCUT2D eigenvalue weighted by Gasteiger charge is -2.07. The molecular formula is C17H14O5. The number of benzene rings is 2. The van der Waals surface area contributed by atoms with Crippen molar-refractivity contribution in [3.63, 3.8) is 0 Å². The van der Waals surface area contributed by atoms with Crippen LogP contribution in [0, 0.1) is 0 Å². The van der Waals surface area contributed by atoms with Gasteiger partial charge in [0.05, 0.1) is 19.8 Å². The van der Waals surface area contributed by atoms with Gasteiger partial charge in [0.1, 0.15) is 22.8 Å². The Bertz CT molecular complexity index is 819. The van der Waals surface area contributed by atoms with Crippen molar-refractivity contribution in [2.24, 2.45) is 0 Å². The van der Waals surface area contributed by atoms with Crippen molar-refractivity contribution in [2.45, 2.75) is 6.42 Å². The van der Waals surface area contributed by atoms with Crippen molar-refractivity contribution in [3.05, 3.63) is 54.3 Å². The zero-order chi connectivity index (χ0) is 15.5. The molecule has 5 heteroatoms. The minimum Gasteiger partial charge on any atom is -0.497 e. The Kier molecular flexibility index (Phi) is 3.70. The van der Waals surface area contributed by atoms with E-state index in [1.54, 1.807) is 31.4 Å². The zero-order valence-corrected chi connectivity index (χ0v) is 11.9. The summed E-state index contributed by atoms with van der Waals surface area (Å²) < 4.78 is 16.3. The monoisotopic (exact) mass is 298 g/mol. The summed E-state index contributed by atoms with van der Waals surface area (Å²) in [7, 11) is 1.60. The molecule has 1 heterocycles. The molecule has 0 aliphatic carbocycles. The van der Waals surface area contributed by atoms with Gasteiger partial charge in [-0.1, -0.05) is 6.07 Å². The van der Waals surface area contributed by atoms with Gasteiger partial charge in [0, 0.05) is 23.1 Å². The zero-order valence-electron chi connectivity index (χ0n) is 11.9. The molecule has 0 unspecified atom stereocenters. The molecular weight excluding hydrogens is 284 g/mol. The molecule has 5 nitrogen and oxygen atoms in total. The molecule has 0 radical (unpaired) electrons. The van der Waals surface area contributed by atoms with Crippen LogP contribution in [0.1, 0.15) is 5.56 Å². The first-order valence-electron chi connectivity index (χ1n) is 6.69. The molecule has 1 aromatic heterocycles. The van der Waals surface area contributed by atoms with E-state index >= 15 is 0 Å². The highest BCUT2D eigenvalue weighted by Gasteiger charge is 2.10. The fourth-order valence-corrected chi connectivity index (χ4v) is 2.23. The average molecular weight is 298 g/mol. The van der Waals surface area contributed by atoms with Crippen LogP contribution in [-0.2, 0) is 11.2 Å². The highest BCUT2D eigenvalue weighted by Crippen LogP contribution is 2.30. The van der Waals surface area contributed by atoms with E-state index in [0.717, 1.165) is 5.39 Å². The lowest BCUT2D eigenvalue weighted by molar-refractivity contribution is -0.136. The maximum atomic E-state index is 10.8. The number of ether oxygens (including phenoxy) is 2. The molecule has 0 aliphatic heterocycles. The van der Waals surface area contributed by atoms with Crippen LogP contribution >= 0.6 is 0 Å². The third-order valence-corrected chi connectivity index (χ3v) is 3.25. The summed E-state index contributed by atoms with van der Waals surface area (Å²) in [5.41, 5.74) is 1.24. The Morgan fingerprint density at radius 2 is 1.91 bits per heavy atom. The minimum atomic E-state index is -0.889. The van der Waals surface area contributed by atoms with Gasteiger partial charge in [-0.15, -0.1) is 0 Å². The highest BCUT2D eigenvalue weighted by atomic mass is 16.5. The number of rotatable bonds is 5. The van der Waals surface area contributed by atoms with Crippen LogP contribution in [0.5, 0.6) is 17.2 Å². The van der Waals surface area contributed by atoms with Crippen LogP contribution in [0.15, 0.2) is 53.1 Å². The Morgan fingerprint density at radius 3 is 2.68 bits per heavy atom. The van der Waals surface area contributed by atoms with Gasteiger partial charge in [0.2, 0.25) is 0 Å². The number of carbonyl (C=O) groups is 1. The molecule has 0 saturated heterocycles. The van der Waals surface area contributed by atoms with Crippen molar-refractivity contribution in [2.75, 3.05) is 7.11 Å². The van der Waals surface area contributed by atoms with E-state index in [1.165, 1.54) is 6.26 Å². The van der Waals surface area contributed by atoms with E-state index < -0.39 is 5.97 Å². The number of hydrogen-bond acceptors (Lipinski definition) is 4. The Morgan fingerprint density at radius 1 is 1.14 bits per heavy atom. The summed E-state index contributed by atoms with van der Waals surface area (Å²) in [6, 6.07) is 12.6. The SMILES string of the molecule is COc1cccc(Oc2ccc3c(CC(=O)O)coc3c2)c1. The number of carboxylic acid groups (broad SMARTS) is 1. The van der Waals surface area contributed by atoms with E-state index in [1.807, 2.05) is 18.2 Å². The molecule has 0 amide bonds. The Balaban J connectivity index is 1.87. The van der Waals surface area contributed by atoms with Crippen molar-refractivity contribution >= 4 is 16.9 Å². The number of carboxylic acids is 1. The number of furan rings is 1. The van der Waals surface area contributed by atoms with E-state index in [-0.39, 0.29) is 6.42 Å². The van der Waals surface area contributed by atoms with Gasteiger partial charge in [-0.25, -0.2) is 0 Å². The number of fused-ring (bicyclic) bond motifs is 1. The van der Waals surface area contributed by atoms with Crippen LogP contribution in [0.3, 0.4) is 0 Å². The van der Waals surface area contributed by atoms with Crippen LogP contribution in [0.2, 0.25) is 0 Å². The van der Waals surface area contributed by atoms with Gasteiger partial charge in [-0.2, -0.15) is 0 Å². The molecule has 3 aromatic rings. The molecule has 2 aromatic carbocycles.